The highest BCUT2D eigenvalue weighted by Crippen LogP contribution is 2.05. The van der Waals surface area contributed by atoms with E-state index >= 15 is 0 Å². The molecule has 0 aromatic heterocycles. The molecule has 0 fully saturated rings. The summed E-state index contributed by atoms with van der Waals surface area (Å²) >= 11 is 1.63. The monoisotopic (exact) mass is 281 g/mol. The van der Waals surface area contributed by atoms with Crippen LogP contribution < -0.4 is 5.32 Å². The third-order valence-corrected chi connectivity index (χ3v) is 3.17. The second kappa shape index (κ2) is 8.58. The smallest absolute Gasteiger partial charge is 0.328 e. The van der Waals surface area contributed by atoms with Gasteiger partial charge in [0.05, 0.1) is 6.61 Å². The van der Waals surface area contributed by atoms with Crippen LogP contribution in [0.2, 0.25) is 0 Å². The Hall–Kier alpha value is -1.49. The Morgan fingerprint density at radius 2 is 2.00 bits per heavy atom. The van der Waals surface area contributed by atoms with Crippen LogP contribution in [0.3, 0.4) is 0 Å². The second-order valence-electron chi connectivity index (χ2n) is 3.93. The standard InChI is InChI=1S/C14H19NO3S/c1-3-18-14(17)12(9-10-19-2)15-13(16)11-7-5-4-6-8-11/h4-8,12H,3,9-10H2,1-2H3,(H,15,16)/t12-/m0/s1. The molecule has 0 bridgehead atoms. The summed E-state index contributed by atoms with van der Waals surface area (Å²) in [6.07, 6.45) is 2.53. The highest BCUT2D eigenvalue weighted by molar-refractivity contribution is 7.98. The number of rotatable bonds is 7. The van der Waals surface area contributed by atoms with Crippen molar-refractivity contribution in [2.24, 2.45) is 0 Å². The molecule has 0 aliphatic heterocycles. The fourth-order valence-electron chi connectivity index (χ4n) is 1.56. The lowest BCUT2D eigenvalue weighted by Gasteiger charge is -2.16. The molecule has 0 unspecified atom stereocenters. The Kier molecular flexibility index (Phi) is 7.03. The fourth-order valence-corrected chi connectivity index (χ4v) is 2.03. The van der Waals surface area contributed by atoms with Crippen LogP contribution in [0.5, 0.6) is 0 Å². The number of benzene rings is 1. The van der Waals surface area contributed by atoms with E-state index in [2.05, 4.69) is 5.32 Å². The van der Waals surface area contributed by atoms with E-state index in [1.807, 2.05) is 12.3 Å². The van der Waals surface area contributed by atoms with Gasteiger partial charge in [-0.05, 0) is 37.5 Å². The molecule has 1 aromatic rings. The van der Waals surface area contributed by atoms with Gasteiger partial charge in [-0.2, -0.15) is 11.8 Å². The van der Waals surface area contributed by atoms with Crippen LogP contribution in [0.4, 0.5) is 0 Å². The molecule has 104 valence electrons. The number of ether oxygens (including phenoxy) is 1. The fraction of sp³-hybridized carbons (Fsp3) is 0.429. The van der Waals surface area contributed by atoms with Gasteiger partial charge in [0.15, 0.2) is 0 Å². The van der Waals surface area contributed by atoms with Crippen molar-refractivity contribution >= 4 is 23.6 Å². The molecular formula is C14H19NO3S. The average molecular weight is 281 g/mol. The van der Waals surface area contributed by atoms with Gasteiger partial charge >= 0.3 is 5.97 Å². The first-order valence-corrected chi connectivity index (χ1v) is 7.60. The van der Waals surface area contributed by atoms with Gasteiger partial charge in [0, 0.05) is 5.56 Å². The number of hydrogen-bond donors (Lipinski definition) is 1. The van der Waals surface area contributed by atoms with Gasteiger partial charge < -0.3 is 10.1 Å². The zero-order valence-electron chi connectivity index (χ0n) is 11.2. The van der Waals surface area contributed by atoms with Crippen LogP contribution in [0.1, 0.15) is 23.7 Å². The number of carbonyl (C=O) groups excluding carboxylic acids is 2. The lowest BCUT2D eigenvalue weighted by atomic mass is 10.1. The van der Waals surface area contributed by atoms with Gasteiger partial charge in [0.2, 0.25) is 0 Å². The van der Waals surface area contributed by atoms with E-state index < -0.39 is 6.04 Å². The van der Waals surface area contributed by atoms with Gasteiger partial charge in [0.1, 0.15) is 6.04 Å². The lowest BCUT2D eigenvalue weighted by molar-refractivity contribution is -0.145. The molecule has 0 spiro atoms. The summed E-state index contributed by atoms with van der Waals surface area (Å²) in [6.45, 7) is 2.07. The predicted molar refractivity (Wildman–Crippen MR) is 77.3 cm³/mol. The molecule has 5 heteroatoms. The zero-order chi connectivity index (χ0) is 14.1. The van der Waals surface area contributed by atoms with Crippen molar-refractivity contribution in [2.45, 2.75) is 19.4 Å². The zero-order valence-corrected chi connectivity index (χ0v) is 12.0. The molecule has 0 radical (unpaired) electrons. The van der Waals surface area contributed by atoms with Crippen molar-refractivity contribution in [1.82, 2.24) is 5.32 Å². The number of carbonyl (C=O) groups is 2. The third kappa shape index (κ3) is 5.34. The van der Waals surface area contributed by atoms with Gasteiger partial charge in [-0.15, -0.1) is 0 Å². The molecule has 0 saturated carbocycles. The first-order chi connectivity index (χ1) is 9.19. The summed E-state index contributed by atoms with van der Waals surface area (Å²) in [5.41, 5.74) is 0.543. The molecule has 1 N–H and O–H groups in total. The van der Waals surface area contributed by atoms with Gasteiger partial charge in [-0.1, -0.05) is 18.2 Å². The first kappa shape index (κ1) is 15.6. The Labute approximate surface area is 117 Å². The molecule has 1 aromatic carbocycles. The SMILES string of the molecule is CCOC(=O)[C@H](CCSC)NC(=O)c1ccccc1. The maximum Gasteiger partial charge on any atom is 0.328 e. The minimum absolute atomic E-state index is 0.250. The van der Waals surface area contributed by atoms with Gasteiger partial charge in [0.25, 0.3) is 5.91 Å². The summed E-state index contributed by atoms with van der Waals surface area (Å²) in [5, 5.41) is 2.73. The molecular weight excluding hydrogens is 262 g/mol. The highest BCUT2D eigenvalue weighted by Gasteiger charge is 2.21. The van der Waals surface area contributed by atoms with Crippen LogP contribution in [0.25, 0.3) is 0 Å². The van der Waals surface area contributed by atoms with Gasteiger partial charge in [-0.25, -0.2) is 4.79 Å². The van der Waals surface area contributed by atoms with Crippen LogP contribution >= 0.6 is 11.8 Å². The predicted octanol–water partition coefficient (Wildman–Crippen LogP) is 2.10. The van der Waals surface area contributed by atoms with Gasteiger partial charge in [-0.3, -0.25) is 4.79 Å². The van der Waals surface area contributed by atoms with Crippen LogP contribution in [0, 0.1) is 0 Å². The Balaban J connectivity index is 2.66. The topological polar surface area (TPSA) is 55.4 Å². The number of thioether (sulfide) groups is 1. The van der Waals surface area contributed by atoms with E-state index in [4.69, 9.17) is 4.74 Å². The molecule has 1 amide bonds. The third-order valence-electron chi connectivity index (χ3n) is 2.52. The van der Waals surface area contributed by atoms with Crippen LogP contribution in [0.15, 0.2) is 30.3 Å². The van der Waals surface area contributed by atoms with E-state index in [0.717, 1.165) is 5.75 Å². The molecule has 1 atom stereocenters. The van der Waals surface area contributed by atoms with Crippen molar-refractivity contribution < 1.29 is 14.3 Å². The largest absolute Gasteiger partial charge is 0.464 e. The Morgan fingerprint density at radius 1 is 1.32 bits per heavy atom. The van der Waals surface area contributed by atoms with Crippen molar-refractivity contribution in [3.63, 3.8) is 0 Å². The Morgan fingerprint density at radius 3 is 2.58 bits per heavy atom. The van der Waals surface area contributed by atoms with Crippen LogP contribution in [-0.4, -0.2) is 36.5 Å². The minimum atomic E-state index is -0.583. The quantitative estimate of drug-likeness (QED) is 0.778. The number of nitrogens with one attached hydrogen (secondary N) is 1. The maximum absolute atomic E-state index is 12.0. The highest BCUT2D eigenvalue weighted by atomic mass is 32.2. The van der Waals surface area contributed by atoms with Crippen molar-refractivity contribution in [3.8, 4) is 0 Å². The summed E-state index contributed by atoms with van der Waals surface area (Å²) in [6, 6.07) is 8.26. The van der Waals surface area contributed by atoms with E-state index in [9.17, 15) is 9.59 Å². The molecule has 0 heterocycles. The second-order valence-corrected chi connectivity index (χ2v) is 4.91. The molecule has 0 aliphatic rings. The molecule has 0 saturated heterocycles. The van der Waals surface area contributed by atoms with Crippen molar-refractivity contribution in [2.75, 3.05) is 18.6 Å². The normalized spacial score (nSPS) is 11.7. The number of hydrogen-bond acceptors (Lipinski definition) is 4. The van der Waals surface area contributed by atoms with E-state index in [0.29, 0.717) is 18.6 Å². The average Bonchev–Trinajstić information content (AvgIpc) is 2.44. The summed E-state index contributed by atoms with van der Waals surface area (Å²) in [5.74, 6) is 0.166. The minimum Gasteiger partial charge on any atom is -0.464 e. The Bertz CT molecular complexity index is 408. The van der Waals surface area contributed by atoms with Crippen LogP contribution in [-0.2, 0) is 9.53 Å². The number of amides is 1. The maximum atomic E-state index is 12.0. The van der Waals surface area contributed by atoms with E-state index in [1.54, 1.807) is 43.0 Å². The van der Waals surface area contributed by atoms with E-state index in [-0.39, 0.29) is 11.9 Å². The molecule has 0 aliphatic carbocycles. The molecule has 4 nitrogen and oxygen atoms in total. The summed E-state index contributed by atoms with van der Waals surface area (Å²) in [7, 11) is 0. The first-order valence-electron chi connectivity index (χ1n) is 6.20. The van der Waals surface area contributed by atoms with Crippen molar-refractivity contribution in [3.05, 3.63) is 35.9 Å². The summed E-state index contributed by atoms with van der Waals surface area (Å²) in [4.78, 5) is 23.8. The lowest BCUT2D eigenvalue weighted by Crippen LogP contribution is -2.42. The van der Waals surface area contributed by atoms with E-state index in [1.165, 1.54) is 0 Å². The molecule has 19 heavy (non-hydrogen) atoms. The summed E-state index contributed by atoms with van der Waals surface area (Å²) < 4.78 is 4.97. The van der Waals surface area contributed by atoms with Crippen molar-refractivity contribution in [1.29, 1.82) is 0 Å². The molecule has 1 rings (SSSR count). The number of esters is 1.